The number of hydrogen-bond acceptors (Lipinski definition) is 9. The number of carbonyl (C=O) groups excluding carboxylic acids is 1. The Morgan fingerprint density at radius 1 is 0.967 bits per heavy atom. The molecule has 9 heteroatoms. The van der Waals surface area contributed by atoms with E-state index >= 15 is 0 Å². The lowest BCUT2D eigenvalue weighted by molar-refractivity contribution is 0.0425. The summed E-state index contributed by atoms with van der Waals surface area (Å²) >= 11 is 0. The normalized spacial score (nSPS) is 10.4. The standard InChI is InChI=1S/C21H22N2O7/c1-5-28-15-9-7-6-8-13(15)20-22-19(30-23-20)12-29-21(24)14-10-17(26-3)18(27-4)11-16(14)25-2/h6-11H,5,12H2,1-4H3. The molecule has 1 heterocycles. The Bertz CT molecular complexity index is 1020. The number of nitrogens with zero attached hydrogens (tertiary/aromatic N) is 2. The van der Waals surface area contributed by atoms with Crippen LogP contribution in [0.15, 0.2) is 40.9 Å². The van der Waals surface area contributed by atoms with Crippen LogP contribution in [0.5, 0.6) is 23.0 Å². The van der Waals surface area contributed by atoms with Gasteiger partial charge < -0.3 is 28.2 Å². The van der Waals surface area contributed by atoms with E-state index in [1.807, 2.05) is 31.2 Å². The molecule has 0 radical (unpaired) electrons. The summed E-state index contributed by atoms with van der Waals surface area (Å²) in [7, 11) is 4.41. The number of rotatable bonds is 9. The molecule has 0 atom stereocenters. The number of hydrogen-bond donors (Lipinski definition) is 0. The van der Waals surface area contributed by atoms with Gasteiger partial charge >= 0.3 is 5.97 Å². The van der Waals surface area contributed by atoms with Gasteiger partial charge in [-0.3, -0.25) is 0 Å². The number of benzene rings is 2. The molecule has 30 heavy (non-hydrogen) atoms. The molecule has 0 saturated heterocycles. The Hall–Kier alpha value is -3.75. The summed E-state index contributed by atoms with van der Waals surface area (Å²) in [6.07, 6.45) is 0. The molecule has 3 aromatic rings. The van der Waals surface area contributed by atoms with Crippen molar-refractivity contribution in [3.05, 3.63) is 47.9 Å². The zero-order chi connectivity index (χ0) is 21.5. The highest BCUT2D eigenvalue weighted by Gasteiger charge is 2.20. The third kappa shape index (κ3) is 4.45. The van der Waals surface area contributed by atoms with Gasteiger partial charge in [0.15, 0.2) is 18.1 Å². The zero-order valence-electron chi connectivity index (χ0n) is 17.1. The van der Waals surface area contributed by atoms with Crippen LogP contribution >= 0.6 is 0 Å². The van der Waals surface area contributed by atoms with Gasteiger partial charge in [0.25, 0.3) is 5.89 Å². The third-order valence-corrected chi connectivity index (χ3v) is 4.15. The van der Waals surface area contributed by atoms with Gasteiger partial charge in [0.05, 0.1) is 33.5 Å². The fourth-order valence-electron chi connectivity index (χ4n) is 2.75. The maximum Gasteiger partial charge on any atom is 0.342 e. The number of aromatic nitrogens is 2. The van der Waals surface area contributed by atoms with Crippen molar-refractivity contribution in [1.82, 2.24) is 10.1 Å². The summed E-state index contributed by atoms with van der Waals surface area (Å²) in [5, 5.41) is 3.95. The molecule has 158 valence electrons. The average Bonchev–Trinajstić information content (AvgIpc) is 3.26. The second-order valence-electron chi connectivity index (χ2n) is 5.92. The van der Waals surface area contributed by atoms with Crippen LogP contribution in [0.4, 0.5) is 0 Å². The SMILES string of the molecule is CCOc1ccccc1-c1noc(COC(=O)c2cc(OC)c(OC)cc2OC)n1. The Balaban J connectivity index is 1.75. The summed E-state index contributed by atoms with van der Waals surface area (Å²) in [5.74, 6) is 1.58. The smallest absolute Gasteiger partial charge is 0.342 e. The first-order valence-electron chi connectivity index (χ1n) is 9.13. The van der Waals surface area contributed by atoms with Gasteiger partial charge in [-0.1, -0.05) is 17.3 Å². The minimum Gasteiger partial charge on any atom is -0.496 e. The van der Waals surface area contributed by atoms with E-state index in [9.17, 15) is 4.79 Å². The number of methoxy groups -OCH3 is 3. The summed E-state index contributed by atoms with van der Waals surface area (Å²) in [6, 6.07) is 10.4. The van der Waals surface area contributed by atoms with Gasteiger partial charge in [-0.25, -0.2) is 4.79 Å². The van der Waals surface area contributed by atoms with E-state index in [1.165, 1.54) is 27.4 Å². The van der Waals surface area contributed by atoms with Gasteiger partial charge in [0.2, 0.25) is 5.82 Å². The fraction of sp³-hybridized carbons (Fsp3) is 0.286. The Kier molecular flexibility index (Phi) is 6.74. The minimum absolute atomic E-state index is 0.143. The molecule has 0 unspecified atom stereocenters. The van der Waals surface area contributed by atoms with E-state index in [-0.39, 0.29) is 23.8 Å². The second kappa shape index (κ2) is 9.64. The van der Waals surface area contributed by atoms with E-state index in [0.717, 1.165) is 0 Å². The molecule has 2 aromatic carbocycles. The van der Waals surface area contributed by atoms with Crippen molar-refractivity contribution in [2.75, 3.05) is 27.9 Å². The number of para-hydroxylation sites is 1. The van der Waals surface area contributed by atoms with Crippen LogP contribution in [0, 0.1) is 0 Å². The molecule has 0 aliphatic carbocycles. The molecule has 1 aromatic heterocycles. The van der Waals surface area contributed by atoms with E-state index in [4.69, 9.17) is 28.2 Å². The van der Waals surface area contributed by atoms with Gasteiger partial charge in [0, 0.05) is 12.1 Å². The molecule has 0 N–H and O–H groups in total. The van der Waals surface area contributed by atoms with Crippen LogP contribution in [0.25, 0.3) is 11.4 Å². The molecule has 0 aliphatic rings. The quantitative estimate of drug-likeness (QED) is 0.487. The van der Waals surface area contributed by atoms with Gasteiger partial charge in [-0.2, -0.15) is 4.98 Å². The first kappa shape index (κ1) is 21.0. The van der Waals surface area contributed by atoms with Crippen LogP contribution in [-0.2, 0) is 11.3 Å². The summed E-state index contributed by atoms with van der Waals surface area (Å²) in [6.45, 7) is 2.19. The van der Waals surface area contributed by atoms with Crippen LogP contribution in [-0.4, -0.2) is 44.0 Å². The van der Waals surface area contributed by atoms with Crippen LogP contribution in [0.1, 0.15) is 23.2 Å². The number of carbonyl (C=O) groups is 1. The first-order chi connectivity index (χ1) is 14.6. The zero-order valence-corrected chi connectivity index (χ0v) is 17.1. The monoisotopic (exact) mass is 414 g/mol. The average molecular weight is 414 g/mol. The Morgan fingerprint density at radius 2 is 1.67 bits per heavy atom. The fourth-order valence-corrected chi connectivity index (χ4v) is 2.75. The molecule has 0 saturated carbocycles. The third-order valence-electron chi connectivity index (χ3n) is 4.15. The molecule has 0 bridgehead atoms. The lowest BCUT2D eigenvalue weighted by atomic mass is 10.1. The van der Waals surface area contributed by atoms with Crippen molar-refractivity contribution in [2.45, 2.75) is 13.5 Å². The summed E-state index contributed by atoms with van der Waals surface area (Å²) in [4.78, 5) is 16.9. The molecular formula is C21H22N2O7. The Labute approximate surface area is 173 Å². The highest BCUT2D eigenvalue weighted by molar-refractivity contribution is 5.93. The van der Waals surface area contributed by atoms with Crippen molar-refractivity contribution in [3.63, 3.8) is 0 Å². The maximum atomic E-state index is 12.6. The first-order valence-corrected chi connectivity index (χ1v) is 9.13. The molecule has 3 rings (SSSR count). The molecule has 0 fully saturated rings. The van der Waals surface area contributed by atoms with E-state index in [0.29, 0.717) is 35.2 Å². The van der Waals surface area contributed by atoms with Crippen LogP contribution in [0.3, 0.4) is 0 Å². The topological polar surface area (TPSA) is 102 Å². The Morgan fingerprint density at radius 3 is 2.37 bits per heavy atom. The van der Waals surface area contributed by atoms with Crippen molar-refractivity contribution < 1.29 is 33.0 Å². The van der Waals surface area contributed by atoms with Crippen molar-refractivity contribution in [3.8, 4) is 34.4 Å². The number of esters is 1. The molecule has 0 spiro atoms. The number of ether oxygens (including phenoxy) is 5. The lowest BCUT2D eigenvalue weighted by Gasteiger charge is -2.13. The lowest BCUT2D eigenvalue weighted by Crippen LogP contribution is -2.08. The van der Waals surface area contributed by atoms with Crippen LogP contribution in [0.2, 0.25) is 0 Å². The van der Waals surface area contributed by atoms with Gasteiger partial charge in [-0.05, 0) is 19.1 Å². The van der Waals surface area contributed by atoms with Crippen LogP contribution < -0.4 is 18.9 Å². The highest BCUT2D eigenvalue weighted by atomic mass is 16.6. The summed E-state index contributed by atoms with van der Waals surface area (Å²) in [5.41, 5.74) is 0.860. The van der Waals surface area contributed by atoms with E-state index in [1.54, 1.807) is 6.07 Å². The molecule has 0 amide bonds. The van der Waals surface area contributed by atoms with Gasteiger partial charge in [0.1, 0.15) is 17.1 Å². The van der Waals surface area contributed by atoms with E-state index < -0.39 is 5.97 Å². The van der Waals surface area contributed by atoms with Crippen molar-refractivity contribution in [2.24, 2.45) is 0 Å². The van der Waals surface area contributed by atoms with Crippen molar-refractivity contribution in [1.29, 1.82) is 0 Å². The molecule has 0 aliphatic heterocycles. The maximum absolute atomic E-state index is 12.6. The predicted octanol–water partition coefficient (Wildman–Crippen LogP) is 3.52. The summed E-state index contributed by atoms with van der Waals surface area (Å²) < 4.78 is 31.8. The van der Waals surface area contributed by atoms with Gasteiger partial charge in [-0.15, -0.1) is 0 Å². The predicted molar refractivity (Wildman–Crippen MR) is 106 cm³/mol. The molecule has 9 nitrogen and oxygen atoms in total. The largest absolute Gasteiger partial charge is 0.496 e. The highest BCUT2D eigenvalue weighted by Crippen LogP contribution is 2.35. The second-order valence-corrected chi connectivity index (χ2v) is 5.92. The van der Waals surface area contributed by atoms with Crippen molar-refractivity contribution >= 4 is 5.97 Å². The minimum atomic E-state index is -0.637. The molecular weight excluding hydrogens is 392 g/mol. The van der Waals surface area contributed by atoms with E-state index in [2.05, 4.69) is 10.1 Å².